The normalized spacial score (nSPS) is 11.8. The van der Waals surface area contributed by atoms with Gasteiger partial charge in [-0.25, -0.2) is 15.0 Å². The predicted octanol–water partition coefficient (Wildman–Crippen LogP) is 10.6. The highest BCUT2D eigenvalue weighted by Crippen LogP contribution is 2.41. The Labute approximate surface area is 273 Å². The van der Waals surface area contributed by atoms with E-state index in [2.05, 4.69) is 142 Å². The van der Waals surface area contributed by atoms with Gasteiger partial charge >= 0.3 is 0 Å². The van der Waals surface area contributed by atoms with Gasteiger partial charge < -0.3 is 0 Å². The van der Waals surface area contributed by atoms with Gasteiger partial charge in [-0.05, 0) is 36.4 Å². The summed E-state index contributed by atoms with van der Waals surface area (Å²) in [6, 6.07) is 53.0. The van der Waals surface area contributed by atoms with Crippen molar-refractivity contribution in [3.63, 3.8) is 0 Å². The molecule has 0 amide bonds. The first kappa shape index (κ1) is 26.1. The number of hydrogen-bond donors (Lipinski definition) is 0. The molecule has 0 saturated carbocycles. The summed E-state index contributed by atoms with van der Waals surface area (Å²) in [6.07, 6.45) is 0. The van der Waals surface area contributed by atoms with Crippen LogP contribution in [0.1, 0.15) is 0 Å². The first-order chi connectivity index (χ1) is 23.3. The third kappa shape index (κ3) is 3.98. The third-order valence-corrected chi connectivity index (χ3v) is 10.0. The average Bonchev–Trinajstić information content (AvgIpc) is 3.80. The molecule has 4 heterocycles. The number of benzene rings is 6. The molecule has 0 aliphatic rings. The molecule has 6 heteroatoms. The van der Waals surface area contributed by atoms with Gasteiger partial charge in [0.15, 0.2) is 4.96 Å². The van der Waals surface area contributed by atoms with Crippen molar-refractivity contribution in [3.8, 4) is 39.7 Å². The zero-order chi connectivity index (χ0) is 30.9. The molecule has 0 fully saturated rings. The van der Waals surface area contributed by atoms with E-state index in [-0.39, 0.29) is 0 Å². The summed E-state index contributed by atoms with van der Waals surface area (Å²) in [4.78, 5) is 16.6. The Kier molecular flexibility index (Phi) is 5.68. The second-order valence-electron chi connectivity index (χ2n) is 11.7. The minimum Gasteiger partial charge on any atom is -0.282 e. The lowest BCUT2D eigenvalue weighted by Gasteiger charge is -2.12. The van der Waals surface area contributed by atoms with E-state index in [1.807, 2.05) is 18.2 Å². The summed E-state index contributed by atoms with van der Waals surface area (Å²) < 4.78 is 5.75. The maximum atomic E-state index is 5.25. The molecular weight excluding hydrogens is 595 g/mol. The number of imidazole rings is 1. The van der Waals surface area contributed by atoms with Crippen LogP contribution in [0.5, 0.6) is 0 Å². The van der Waals surface area contributed by atoms with E-state index in [0.717, 1.165) is 77.0 Å². The van der Waals surface area contributed by atoms with E-state index in [1.54, 1.807) is 11.3 Å². The van der Waals surface area contributed by atoms with Crippen LogP contribution < -0.4 is 0 Å². The SMILES string of the molecule is c1ccc(-c2nc3sc4ccccc4n3c2-c2ccc3c(c2)c2ccccc2n3-c2nc(-c3ccccc3)c3ccccc3n2)cc1. The van der Waals surface area contributed by atoms with Crippen LogP contribution in [0.25, 0.3) is 87.6 Å². The standard InChI is InChI=1S/C41H25N5S/c1-3-13-26(14-4-1)37-30-18-7-9-19-32(30)42-40(43-37)45-33-20-10-8-17-29(33)31-25-28(23-24-34(31)45)39-38(27-15-5-2-6-16-27)44-41-46(39)35-21-11-12-22-36(35)47-41/h1-25H. The van der Waals surface area contributed by atoms with E-state index < -0.39 is 0 Å². The van der Waals surface area contributed by atoms with Gasteiger partial charge in [-0.2, -0.15) is 0 Å². The van der Waals surface area contributed by atoms with Gasteiger partial charge in [-0.3, -0.25) is 8.97 Å². The summed E-state index contributed by atoms with van der Waals surface area (Å²) in [5.74, 6) is 0.655. The first-order valence-corrected chi connectivity index (χ1v) is 16.4. The number of nitrogens with zero attached hydrogens (tertiary/aromatic N) is 5. The van der Waals surface area contributed by atoms with Gasteiger partial charge in [0, 0.05) is 32.8 Å². The maximum Gasteiger partial charge on any atom is 0.235 e. The zero-order valence-electron chi connectivity index (χ0n) is 25.1. The van der Waals surface area contributed by atoms with Gasteiger partial charge in [0.1, 0.15) is 0 Å². The highest BCUT2D eigenvalue weighted by molar-refractivity contribution is 7.23. The molecule has 10 aromatic rings. The molecule has 6 aromatic carbocycles. The van der Waals surface area contributed by atoms with Gasteiger partial charge in [0.05, 0.1) is 43.8 Å². The molecule has 220 valence electrons. The lowest BCUT2D eigenvalue weighted by atomic mass is 10.0. The Morgan fingerprint density at radius 3 is 1.89 bits per heavy atom. The molecule has 5 nitrogen and oxygen atoms in total. The second kappa shape index (κ2) is 10.2. The largest absolute Gasteiger partial charge is 0.282 e. The van der Waals surface area contributed by atoms with Crippen molar-refractivity contribution in [2.24, 2.45) is 0 Å². The molecule has 0 unspecified atom stereocenters. The summed E-state index contributed by atoms with van der Waals surface area (Å²) in [7, 11) is 0. The lowest BCUT2D eigenvalue weighted by molar-refractivity contribution is 1.01. The molecule has 47 heavy (non-hydrogen) atoms. The minimum absolute atomic E-state index is 0.655. The van der Waals surface area contributed by atoms with Crippen molar-refractivity contribution < 1.29 is 0 Å². The van der Waals surface area contributed by atoms with Crippen LogP contribution in [0.3, 0.4) is 0 Å². The van der Waals surface area contributed by atoms with Crippen molar-refractivity contribution in [3.05, 3.63) is 152 Å². The smallest absolute Gasteiger partial charge is 0.235 e. The van der Waals surface area contributed by atoms with E-state index in [4.69, 9.17) is 15.0 Å². The molecule has 4 aromatic heterocycles. The van der Waals surface area contributed by atoms with Gasteiger partial charge in [0.25, 0.3) is 0 Å². The Morgan fingerprint density at radius 1 is 0.447 bits per heavy atom. The summed E-state index contributed by atoms with van der Waals surface area (Å²) >= 11 is 1.73. The van der Waals surface area contributed by atoms with Crippen LogP contribution in [0.2, 0.25) is 0 Å². The Balaban J connectivity index is 1.26. The van der Waals surface area contributed by atoms with Crippen molar-refractivity contribution >= 4 is 59.2 Å². The topological polar surface area (TPSA) is 48.0 Å². The number of hydrogen-bond acceptors (Lipinski definition) is 4. The predicted molar refractivity (Wildman–Crippen MR) is 194 cm³/mol. The van der Waals surface area contributed by atoms with Gasteiger partial charge in [0.2, 0.25) is 5.95 Å². The molecular formula is C41H25N5S. The first-order valence-electron chi connectivity index (χ1n) is 15.6. The number of aromatic nitrogens is 5. The molecule has 0 radical (unpaired) electrons. The average molecular weight is 620 g/mol. The fraction of sp³-hybridized carbons (Fsp3) is 0. The molecule has 10 rings (SSSR count). The molecule has 0 N–H and O–H groups in total. The number of fused-ring (bicyclic) bond motifs is 7. The Morgan fingerprint density at radius 2 is 1.09 bits per heavy atom. The summed E-state index contributed by atoms with van der Waals surface area (Å²) in [6.45, 7) is 0. The molecule has 0 atom stereocenters. The Hall–Kier alpha value is -6.11. The molecule has 0 aliphatic carbocycles. The third-order valence-electron chi connectivity index (χ3n) is 8.99. The van der Waals surface area contributed by atoms with Crippen molar-refractivity contribution in [1.29, 1.82) is 0 Å². The van der Waals surface area contributed by atoms with E-state index >= 15 is 0 Å². The van der Waals surface area contributed by atoms with Crippen LogP contribution in [-0.2, 0) is 0 Å². The van der Waals surface area contributed by atoms with Crippen LogP contribution in [-0.4, -0.2) is 23.9 Å². The molecule has 0 saturated heterocycles. The number of rotatable bonds is 4. The summed E-state index contributed by atoms with van der Waals surface area (Å²) in [5.41, 5.74) is 10.5. The second-order valence-corrected chi connectivity index (χ2v) is 12.7. The maximum absolute atomic E-state index is 5.25. The molecule has 0 spiro atoms. The monoisotopic (exact) mass is 619 g/mol. The quantitative estimate of drug-likeness (QED) is 0.197. The van der Waals surface area contributed by atoms with Crippen molar-refractivity contribution in [2.75, 3.05) is 0 Å². The molecule has 0 aliphatic heterocycles. The van der Waals surface area contributed by atoms with E-state index in [0.29, 0.717) is 5.95 Å². The number of thiazole rings is 1. The molecule has 0 bridgehead atoms. The zero-order valence-corrected chi connectivity index (χ0v) is 25.9. The van der Waals surface area contributed by atoms with Gasteiger partial charge in [-0.1, -0.05) is 127 Å². The highest BCUT2D eigenvalue weighted by Gasteiger charge is 2.22. The van der Waals surface area contributed by atoms with Gasteiger partial charge in [-0.15, -0.1) is 0 Å². The van der Waals surface area contributed by atoms with E-state index in [1.165, 1.54) is 4.70 Å². The van der Waals surface area contributed by atoms with Crippen molar-refractivity contribution in [1.82, 2.24) is 23.9 Å². The van der Waals surface area contributed by atoms with E-state index in [9.17, 15) is 0 Å². The fourth-order valence-electron chi connectivity index (χ4n) is 6.90. The Bertz CT molecular complexity index is 2790. The highest BCUT2D eigenvalue weighted by atomic mass is 32.1. The van der Waals surface area contributed by atoms with Crippen LogP contribution in [0.15, 0.2) is 152 Å². The minimum atomic E-state index is 0.655. The van der Waals surface area contributed by atoms with Crippen molar-refractivity contribution in [2.45, 2.75) is 0 Å². The number of para-hydroxylation sites is 3. The van der Waals surface area contributed by atoms with Crippen LogP contribution >= 0.6 is 11.3 Å². The lowest BCUT2D eigenvalue weighted by Crippen LogP contribution is -2.03. The van der Waals surface area contributed by atoms with Crippen LogP contribution in [0, 0.1) is 0 Å². The summed E-state index contributed by atoms with van der Waals surface area (Å²) in [5, 5.41) is 3.33. The van der Waals surface area contributed by atoms with Crippen LogP contribution in [0.4, 0.5) is 0 Å². The fourth-order valence-corrected chi connectivity index (χ4v) is 7.92.